The normalized spacial score (nSPS) is 11.2. The molecule has 6 heteroatoms. The predicted octanol–water partition coefficient (Wildman–Crippen LogP) is 5.28. The van der Waals surface area contributed by atoms with E-state index in [1.54, 1.807) is 18.2 Å². The monoisotopic (exact) mass is 392 g/mol. The van der Waals surface area contributed by atoms with Crippen molar-refractivity contribution in [3.05, 3.63) is 58.1 Å². The highest BCUT2D eigenvalue weighted by Gasteiger charge is 2.24. The van der Waals surface area contributed by atoms with Gasteiger partial charge in [-0.15, -0.1) is 0 Å². The van der Waals surface area contributed by atoms with Crippen LogP contribution in [0.3, 0.4) is 0 Å². The third-order valence-electron chi connectivity index (χ3n) is 3.89. The molecule has 0 saturated carbocycles. The van der Waals surface area contributed by atoms with Crippen LogP contribution in [-0.2, 0) is 15.0 Å². The van der Waals surface area contributed by atoms with Crippen LogP contribution in [0.25, 0.3) is 0 Å². The zero-order chi connectivity index (χ0) is 19.5. The Morgan fingerprint density at radius 3 is 2.31 bits per heavy atom. The van der Waals surface area contributed by atoms with Gasteiger partial charge in [0.05, 0.1) is 10.7 Å². The van der Waals surface area contributed by atoms with Gasteiger partial charge in [0.1, 0.15) is 6.54 Å². The lowest BCUT2D eigenvalue weighted by molar-refractivity contribution is -0.120. The molecule has 4 nitrogen and oxygen atoms in total. The number of carbonyl (C=O) groups excluding carboxylic acids is 2. The molecule has 2 rings (SSSR count). The maximum absolute atomic E-state index is 12.5. The number of halogens is 2. The molecule has 0 fully saturated rings. The third-order valence-corrected chi connectivity index (χ3v) is 4.44. The minimum Gasteiger partial charge on any atom is -0.323 e. The zero-order valence-electron chi connectivity index (χ0n) is 15.3. The second kappa shape index (κ2) is 8.11. The van der Waals surface area contributed by atoms with E-state index in [-0.39, 0.29) is 23.8 Å². The number of carbonyl (C=O) groups is 2. The summed E-state index contributed by atoms with van der Waals surface area (Å²) in [6.07, 6.45) is 0. The number of nitrogens with zero attached hydrogens (tertiary/aromatic N) is 1. The van der Waals surface area contributed by atoms with Crippen molar-refractivity contribution in [2.24, 2.45) is 0 Å². The van der Waals surface area contributed by atoms with Crippen molar-refractivity contribution >= 4 is 46.4 Å². The van der Waals surface area contributed by atoms with Gasteiger partial charge >= 0.3 is 0 Å². The fraction of sp³-hybridized carbons (Fsp3) is 0.300. The molecule has 0 saturated heterocycles. The molecule has 0 spiro atoms. The third kappa shape index (κ3) is 4.99. The van der Waals surface area contributed by atoms with Crippen LogP contribution in [0.4, 0.5) is 11.4 Å². The first-order valence-electron chi connectivity index (χ1n) is 8.22. The van der Waals surface area contributed by atoms with Crippen LogP contribution in [0.5, 0.6) is 0 Å². The SMILES string of the molecule is CC(=O)N(CC(=O)Nc1ccc(Cl)cc1Cl)c1ccccc1C(C)(C)C. The molecule has 0 heterocycles. The van der Waals surface area contributed by atoms with Crippen LogP contribution < -0.4 is 10.2 Å². The average Bonchev–Trinajstić information content (AvgIpc) is 2.54. The van der Waals surface area contributed by atoms with E-state index in [0.717, 1.165) is 11.3 Å². The Bertz CT molecular complexity index is 829. The molecule has 26 heavy (non-hydrogen) atoms. The number of hydrogen-bond acceptors (Lipinski definition) is 2. The Hall–Kier alpha value is -2.04. The average molecular weight is 393 g/mol. The molecule has 2 amide bonds. The van der Waals surface area contributed by atoms with Crippen LogP contribution in [-0.4, -0.2) is 18.4 Å². The maximum atomic E-state index is 12.5. The van der Waals surface area contributed by atoms with Gasteiger partial charge < -0.3 is 10.2 Å². The molecule has 0 unspecified atom stereocenters. The van der Waals surface area contributed by atoms with Gasteiger partial charge in [0.2, 0.25) is 11.8 Å². The smallest absolute Gasteiger partial charge is 0.244 e. The molecule has 0 atom stereocenters. The molecule has 2 aromatic rings. The van der Waals surface area contributed by atoms with Crippen molar-refractivity contribution in [2.45, 2.75) is 33.1 Å². The topological polar surface area (TPSA) is 49.4 Å². The van der Waals surface area contributed by atoms with E-state index in [0.29, 0.717) is 15.7 Å². The second-order valence-electron chi connectivity index (χ2n) is 7.04. The summed E-state index contributed by atoms with van der Waals surface area (Å²) in [5.41, 5.74) is 2.01. The summed E-state index contributed by atoms with van der Waals surface area (Å²) in [7, 11) is 0. The van der Waals surface area contributed by atoms with E-state index < -0.39 is 0 Å². The quantitative estimate of drug-likeness (QED) is 0.768. The van der Waals surface area contributed by atoms with E-state index in [1.807, 2.05) is 24.3 Å². The maximum Gasteiger partial charge on any atom is 0.244 e. The number of nitrogens with one attached hydrogen (secondary N) is 1. The van der Waals surface area contributed by atoms with Gasteiger partial charge in [-0.05, 0) is 35.2 Å². The molecule has 138 valence electrons. The summed E-state index contributed by atoms with van der Waals surface area (Å²) >= 11 is 12.0. The number of amides is 2. The highest BCUT2D eigenvalue weighted by molar-refractivity contribution is 6.36. The van der Waals surface area contributed by atoms with Gasteiger partial charge in [-0.1, -0.05) is 62.2 Å². The molecule has 0 radical (unpaired) electrons. The highest BCUT2D eigenvalue weighted by Crippen LogP contribution is 2.32. The summed E-state index contributed by atoms with van der Waals surface area (Å²) in [6.45, 7) is 7.54. The molecular weight excluding hydrogens is 371 g/mol. The van der Waals surface area contributed by atoms with Crippen molar-refractivity contribution < 1.29 is 9.59 Å². The first-order valence-corrected chi connectivity index (χ1v) is 8.97. The van der Waals surface area contributed by atoms with E-state index >= 15 is 0 Å². The Labute approximate surface area is 164 Å². The first kappa shape index (κ1) is 20.3. The number of anilines is 2. The lowest BCUT2D eigenvalue weighted by Gasteiger charge is -2.29. The lowest BCUT2D eigenvalue weighted by Crippen LogP contribution is -2.38. The summed E-state index contributed by atoms with van der Waals surface area (Å²) in [6, 6.07) is 12.4. The summed E-state index contributed by atoms with van der Waals surface area (Å²) in [5.74, 6) is -0.549. The number of para-hydroxylation sites is 1. The highest BCUT2D eigenvalue weighted by atomic mass is 35.5. The fourth-order valence-electron chi connectivity index (χ4n) is 2.63. The van der Waals surface area contributed by atoms with Gasteiger partial charge in [-0.2, -0.15) is 0 Å². The Morgan fingerprint density at radius 2 is 1.73 bits per heavy atom. The van der Waals surface area contributed by atoms with E-state index in [2.05, 4.69) is 26.1 Å². The number of benzene rings is 2. The van der Waals surface area contributed by atoms with Crippen molar-refractivity contribution in [1.82, 2.24) is 0 Å². The van der Waals surface area contributed by atoms with Crippen molar-refractivity contribution in [2.75, 3.05) is 16.8 Å². The van der Waals surface area contributed by atoms with Crippen LogP contribution in [0.15, 0.2) is 42.5 Å². The molecule has 0 aliphatic carbocycles. The second-order valence-corrected chi connectivity index (χ2v) is 7.89. The van der Waals surface area contributed by atoms with E-state index in [9.17, 15) is 9.59 Å². The Kier molecular flexibility index (Phi) is 6.32. The largest absolute Gasteiger partial charge is 0.323 e. The molecular formula is C20H22Cl2N2O2. The van der Waals surface area contributed by atoms with Crippen molar-refractivity contribution in [3.8, 4) is 0 Å². The van der Waals surface area contributed by atoms with E-state index in [1.165, 1.54) is 11.8 Å². The van der Waals surface area contributed by atoms with Crippen LogP contribution in [0.1, 0.15) is 33.3 Å². The molecule has 2 aromatic carbocycles. The molecule has 0 aliphatic rings. The summed E-state index contributed by atoms with van der Waals surface area (Å²) < 4.78 is 0. The fourth-order valence-corrected chi connectivity index (χ4v) is 3.09. The first-order chi connectivity index (χ1) is 12.1. The van der Waals surface area contributed by atoms with Crippen molar-refractivity contribution in [3.63, 3.8) is 0 Å². The summed E-state index contributed by atoms with van der Waals surface area (Å²) in [5, 5.41) is 3.55. The van der Waals surface area contributed by atoms with Gasteiger partial charge in [-0.3, -0.25) is 9.59 Å². The van der Waals surface area contributed by atoms with Gasteiger partial charge in [0.25, 0.3) is 0 Å². The van der Waals surface area contributed by atoms with Crippen LogP contribution >= 0.6 is 23.2 Å². The van der Waals surface area contributed by atoms with Crippen molar-refractivity contribution in [1.29, 1.82) is 0 Å². The molecule has 0 aliphatic heterocycles. The molecule has 0 aromatic heterocycles. The standard InChI is InChI=1S/C20H22Cl2N2O2/c1-13(25)24(18-8-6-5-7-15(18)20(2,3)4)12-19(26)23-17-10-9-14(21)11-16(17)22/h5-11H,12H2,1-4H3,(H,23,26). The Balaban J connectivity index is 2.27. The minimum absolute atomic E-state index is 0.110. The van der Waals surface area contributed by atoms with Gasteiger partial charge in [-0.25, -0.2) is 0 Å². The Morgan fingerprint density at radius 1 is 1.08 bits per heavy atom. The lowest BCUT2D eigenvalue weighted by atomic mass is 9.85. The van der Waals surface area contributed by atoms with Gasteiger partial charge in [0, 0.05) is 17.6 Å². The molecule has 0 bridgehead atoms. The van der Waals surface area contributed by atoms with Crippen LogP contribution in [0, 0.1) is 0 Å². The minimum atomic E-state index is -0.340. The number of rotatable bonds is 4. The molecule has 1 N–H and O–H groups in total. The van der Waals surface area contributed by atoms with E-state index in [4.69, 9.17) is 23.2 Å². The zero-order valence-corrected chi connectivity index (χ0v) is 16.8. The van der Waals surface area contributed by atoms with Gasteiger partial charge in [0.15, 0.2) is 0 Å². The number of hydrogen-bond donors (Lipinski definition) is 1. The predicted molar refractivity (Wildman–Crippen MR) is 108 cm³/mol. The van der Waals surface area contributed by atoms with Crippen LogP contribution in [0.2, 0.25) is 10.0 Å². The summed E-state index contributed by atoms with van der Waals surface area (Å²) in [4.78, 5) is 26.2.